The molecule has 1 aromatic heterocycles. The van der Waals surface area contributed by atoms with Crippen LogP contribution in [-0.4, -0.2) is 58.0 Å². The summed E-state index contributed by atoms with van der Waals surface area (Å²) in [5.41, 5.74) is 0.447. The second-order valence-electron chi connectivity index (χ2n) is 8.20. The lowest BCUT2D eigenvalue weighted by Gasteiger charge is -2.44. The third-order valence-electron chi connectivity index (χ3n) is 6.51. The normalized spacial score (nSPS) is 19.5. The smallest absolute Gasteiger partial charge is 0.245 e. The highest BCUT2D eigenvalue weighted by atomic mass is 16.4. The Morgan fingerprint density at radius 3 is 2.30 bits per heavy atom. The molecule has 0 unspecified atom stereocenters. The molecule has 1 aromatic carbocycles. The molecule has 158 valence electrons. The highest BCUT2D eigenvalue weighted by Gasteiger charge is 2.46. The van der Waals surface area contributed by atoms with Crippen molar-refractivity contribution in [2.24, 2.45) is 0 Å². The SMILES string of the molecule is C=CC(=O)N1CCC(C(=O)N2CCC(c3nnc(C)o3)CC2)(c2ccccc2)CC1. The summed E-state index contributed by atoms with van der Waals surface area (Å²) in [4.78, 5) is 29.6. The maximum absolute atomic E-state index is 13.8. The van der Waals surface area contributed by atoms with Gasteiger partial charge in [-0.05, 0) is 37.3 Å². The minimum atomic E-state index is -0.590. The van der Waals surface area contributed by atoms with Gasteiger partial charge in [-0.2, -0.15) is 0 Å². The maximum atomic E-state index is 13.8. The number of likely N-dealkylation sites (tertiary alicyclic amines) is 2. The van der Waals surface area contributed by atoms with Gasteiger partial charge in [0.15, 0.2) is 0 Å². The number of carbonyl (C=O) groups excluding carboxylic acids is 2. The number of hydrogen-bond acceptors (Lipinski definition) is 5. The molecule has 4 rings (SSSR count). The molecule has 7 heteroatoms. The molecule has 0 bridgehead atoms. The van der Waals surface area contributed by atoms with Crippen LogP contribution in [0.3, 0.4) is 0 Å². The van der Waals surface area contributed by atoms with E-state index in [-0.39, 0.29) is 17.7 Å². The van der Waals surface area contributed by atoms with Crippen LogP contribution in [0.4, 0.5) is 0 Å². The van der Waals surface area contributed by atoms with Gasteiger partial charge in [0.1, 0.15) is 0 Å². The van der Waals surface area contributed by atoms with Crippen molar-refractivity contribution in [2.75, 3.05) is 26.2 Å². The van der Waals surface area contributed by atoms with Crippen molar-refractivity contribution in [3.63, 3.8) is 0 Å². The number of carbonyl (C=O) groups is 2. The highest BCUT2D eigenvalue weighted by molar-refractivity contribution is 5.90. The van der Waals surface area contributed by atoms with Gasteiger partial charge in [-0.1, -0.05) is 36.9 Å². The minimum absolute atomic E-state index is 0.0697. The molecule has 0 radical (unpaired) electrons. The topological polar surface area (TPSA) is 79.5 Å². The standard InChI is InChI=1S/C23H28N4O3/c1-3-20(28)26-15-11-23(12-16-26,19-7-5-4-6-8-19)22(29)27-13-9-18(10-14-27)21-25-24-17(2)30-21/h3-8,18H,1,9-16H2,2H3. The summed E-state index contributed by atoms with van der Waals surface area (Å²) in [6.07, 6.45) is 4.23. The van der Waals surface area contributed by atoms with Gasteiger partial charge in [0.05, 0.1) is 5.41 Å². The van der Waals surface area contributed by atoms with E-state index in [9.17, 15) is 9.59 Å². The largest absolute Gasteiger partial charge is 0.425 e. The van der Waals surface area contributed by atoms with Crippen molar-refractivity contribution in [3.8, 4) is 0 Å². The Labute approximate surface area is 176 Å². The second-order valence-corrected chi connectivity index (χ2v) is 8.20. The number of rotatable bonds is 4. The molecule has 0 atom stereocenters. The molecule has 0 saturated carbocycles. The second kappa shape index (κ2) is 8.42. The van der Waals surface area contributed by atoms with E-state index in [1.54, 1.807) is 11.8 Å². The van der Waals surface area contributed by atoms with E-state index < -0.39 is 5.41 Å². The Bertz CT molecular complexity index is 908. The lowest BCUT2D eigenvalue weighted by molar-refractivity contribution is -0.142. The quantitative estimate of drug-likeness (QED) is 0.727. The van der Waals surface area contributed by atoms with Crippen LogP contribution in [-0.2, 0) is 15.0 Å². The summed E-state index contributed by atoms with van der Waals surface area (Å²) in [7, 11) is 0. The van der Waals surface area contributed by atoms with E-state index in [0.29, 0.717) is 50.8 Å². The van der Waals surface area contributed by atoms with E-state index in [4.69, 9.17) is 4.42 Å². The summed E-state index contributed by atoms with van der Waals surface area (Å²) in [6.45, 7) is 7.85. The lowest BCUT2D eigenvalue weighted by atomic mass is 9.71. The van der Waals surface area contributed by atoms with Gasteiger partial charge < -0.3 is 14.2 Å². The van der Waals surface area contributed by atoms with E-state index in [1.165, 1.54) is 6.08 Å². The molecule has 0 N–H and O–H groups in total. The zero-order valence-electron chi connectivity index (χ0n) is 17.4. The van der Waals surface area contributed by atoms with Crippen molar-refractivity contribution in [3.05, 3.63) is 60.3 Å². The molecule has 2 aromatic rings. The number of aryl methyl sites for hydroxylation is 1. The fourth-order valence-corrected chi connectivity index (χ4v) is 4.73. The molecule has 7 nitrogen and oxygen atoms in total. The van der Waals surface area contributed by atoms with Gasteiger partial charge in [-0.25, -0.2) is 0 Å². The van der Waals surface area contributed by atoms with Crippen LogP contribution in [0.15, 0.2) is 47.4 Å². The van der Waals surface area contributed by atoms with Crippen molar-refractivity contribution < 1.29 is 14.0 Å². The number of nitrogens with zero attached hydrogens (tertiary/aromatic N) is 4. The molecule has 3 heterocycles. The Hall–Kier alpha value is -2.96. The van der Waals surface area contributed by atoms with Crippen LogP contribution in [0.5, 0.6) is 0 Å². The van der Waals surface area contributed by atoms with Crippen LogP contribution >= 0.6 is 0 Å². The Morgan fingerprint density at radius 1 is 1.07 bits per heavy atom. The minimum Gasteiger partial charge on any atom is -0.425 e. The molecule has 0 aliphatic carbocycles. The molecular formula is C23H28N4O3. The first-order chi connectivity index (χ1) is 14.5. The molecule has 2 saturated heterocycles. The van der Waals surface area contributed by atoms with Crippen molar-refractivity contribution in [2.45, 2.75) is 43.9 Å². The lowest BCUT2D eigenvalue weighted by Crippen LogP contribution is -2.55. The third kappa shape index (κ3) is 3.76. The summed E-state index contributed by atoms with van der Waals surface area (Å²) in [5, 5.41) is 8.09. The fourth-order valence-electron chi connectivity index (χ4n) is 4.73. The summed E-state index contributed by atoms with van der Waals surface area (Å²) in [6, 6.07) is 10.0. The number of aromatic nitrogens is 2. The zero-order chi connectivity index (χ0) is 21.1. The molecule has 2 aliphatic heterocycles. The first-order valence-corrected chi connectivity index (χ1v) is 10.6. The number of piperidine rings is 2. The van der Waals surface area contributed by atoms with E-state index >= 15 is 0 Å². The first-order valence-electron chi connectivity index (χ1n) is 10.6. The Kier molecular flexibility index (Phi) is 5.70. The van der Waals surface area contributed by atoms with E-state index in [1.807, 2.05) is 35.2 Å². The van der Waals surface area contributed by atoms with Gasteiger partial charge in [0.2, 0.25) is 23.6 Å². The van der Waals surface area contributed by atoms with Crippen molar-refractivity contribution >= 4 is 11.8 Å². The predicted octanol–water partition coefficient (Wildman–Crippen LogP) is 2.83. The number of benzene rings is 1. The van der Waals surface area contributed by atoms with Crippen LogP contribution < -0.4 is 0 Å². The molecule has 2 aliphatic rings. The van der Waals surface area contributed by atoms with Gasteiger partial charge in [-0.3, -0.25) is 9.59 Å². The molecule has 30 heavy (non-hydrogen) atoms. The average Bonchev–Trinajstić information content (AvgIpc) is 3.25. The summed E-state index contributed by atoms with van der Waals surface area (Å²) in [5.74, 6) is 1.55. The van der Waals surface area contributed by atoms with Crippen molar-refractivity contribution in [1.29, 1.82) is 0 Å². The van der Waals surface area contributed by atoms with E-state index in [2.05, 4.69) is 16.8 Å². The van der Waals surface area contributed by atoms with Crippen LogP contribution in [0.2, 0.25) is 0 Å². The Balaban J connectivity index is 1.51. The zero-order valence-corrected chi connectivity index (χ0v) is 17.4. The van der Waals surface area contributed by atoms with Gasteiger partial charge in [0.25, 0.3) is 0 Å². The maximum Gasteiger partial charge on any atom is 0.245 e. The molecule has 0 spiro atoms. The van der Waals surface area contributed by atoms with Gasteiger partial charge in [-0.15, -0.1) is 10.2 Å². The van der Waals surface area contributed by atoms with Crippen LogP contribution in [0.1, 0.15) is 48.9 Å². The average molecular weight is 409 g/mol. The number of hydrogen-bond donors (Lipinski definition) is 0. The highest BCUT2D eigenvalue weighted by Crippen LogP contribution is 2.39. The monoisotopic (exact) mass is 408 g/mol. The first kappa shape index (κ1) is 20.3. The molecule has 2 fully saturated rings. The van der Waals surface area contributed by atoms with E-state index in [0.717, 1.165) is 18.4 Å². The van der Waals surface area contributed by atoms with Crippen LogP contribution in [0, 0.1) is 6.92 Å². The van der Waals surface area contributed by atoms with Gasteiger partial charge >= 0.3 is 0 Å². The Morgan fingerprint density at radius 2 is 1.73 bits per heavy atom. The summed E-state index contributed by atoms with van der Waals surface area (Å²) >= 11 is 0. The van der Waals surface area contributed by atoms with Gasteiger partial charge in [0, 0.05) is 39.0 Å². The predicted molar refractivity (Wildman–Crippen MR) is 112 cm³/mol. The van der Waals surface area contributed by atoms with Crippen LogP contribution in [0.25, 0.3) is 0 Å². The third-order valence-corrected chi connectivity index (χ3v) is 6.51. The summed E-state index contributed by atoms with van der Waals surface area (Å²) < 4.78 is 5.60. The fraction of sp³-hybridized carbons (Fsp3) is 0.478. The molecule has 2 amide bonds. The van der Waals surface area contributed by atoms with Crippen molar-refractivity contribution in [1.82, 2.24) is 20.0 Å². The molecular weight excluding hydrogens is 380 g/mol. The number of amides is 2.